The Kier molecular flexibility index (Phi) is 3.60. The fourth-order valence-corrected chi connectivity index (χ4v) is 2.33. The molecule has 108 valence electrons. The van der Waals surface area contributed by atoms with Crippen LogP contribution in [-0.2, 0) is 0 Å². The average molecular weight is 369 g/mol. The van der Waals surface area contributed by atoms with Crippen molar-refractivity contribution in [2.45, 2.75) is 6.92 Å². The Hall–Kier alpha value is -2.00. The predicted molar refractivity (Wildman–Crippen MR) is 81.7 cm³/mol. The van der Waals surface area contributed by atoms with E-state index in [2.05, 4.69) is 31.2 Å². The fourth-order valence-electron chi connectivity index (χ4n) is 1.73. The van der Waals surface area contributed by atoms with Crippen molar-refractivity contribution in [1.82, 2.24) is 14.9 Å². The van der Waals surface area contributed by atoms with E-state index in [1.54, 1.807) is 19.1 Å². The molecular weight excluding hydrogens is 360 g/mol. The molecular formula is C12H9BrN4O3S. The van der Waals surface area contributed by atoms with Gasteiger partial charge in [-0.25, -0.2) is 0 Å². The summed E-state index contributed by atoms with van der Waals surface area (Å²) in [5, 5.41) is 10.4. The van der Waals surface area contributed by atoms with Gasteiger partial charge in [-0.2, -0.15) is 14.9 Å². The van der Waals surface area contributed by atoms with Crippen molar-refractivity contribution in [3.63, 3.8) is 0 Å². The third kappa shape index (κ3) is 2.61. The summed E-state index contributed by atoms with van der Waals surface area (Å²) in [4.78, 5) is 11.9. The van der Waals surface area contributed by atoms with Crippen molar-refractivity contribution in [3.05, 3.63) is 43.0 Å². The van der Waals surface area contributed by atoms with E-state index in [0.717, 1.165) is 14.7 Å². The summed E-state index contributed by atoms with van der Waals surface area (Å²) in [6.07, 6.45) is 1.51. The molecule has 2 heterocycles. The largest absolute Gasteiger partial charge is 0.454 e. The van der Waals surface area contributed by atoms with Gasteiger partial charge in [-0.15, -0.1) is 0 Å². The van der Waals surface area contributed by atoms with Crippen LogP contribution >= 0.6 is 28.1 Å². The maximum absolute atomic E-state index is 11.9. The lowest BCUT2D eigenvalue weighted by molar-refractivity contribution is 0.174. The third-order valence-corrected chi connectivity index (χ3v) is 3.77. The van der Waals surface area contributed by atoms with Gasteiger partial charge in [-0.1, -0.05) is 0 Å². The second-order valence-corrected chi connectivity index (χ2v) is 5.44. The van der Waals surface area contributed by atoms with Gasteiger partial charge in [0.1, 0.15) is 5.69 Å². The number of nitrogens with one attached hydrogen (secondary N) is 1. The molecule has 1 aromatic heterocycles. The van der Waals surface area contributed by atoms with Crippen molar-refractivity contribution in [3.8, 4) is 11.5 Å². The fraction of sp³-hybridized carbons (Fsp3) is 0.167. The average Bonchev–Trinajstić information content (AvgIpc) is 2.90. The standard InChI is InChI=1S/C12H9BrN4O3S/c1-6-11(18)17(12(21)16-15-6)14-4-7-2-9-10(3-8(7)13)20-5-19-9/h2-4H,5H2,1H3,(H,16,21)/b14-4+. The predicted octanol–water partition coefficient (Wildman–Crippen LogP) is 1.98. The van der Waals surface area contributed by atoms with Gasteiger partial charge in [0.2, 0.25) is 11.6 Å². The monoisotopic (exact) mass is 368 g/mol. The van der Waals surface area contributed by atoms with Crippen molar-refractivity contribution in [2.75, 3.05) is 6.79 Å². The van der Waals surface area contributed by atoms with Gasteiger partial charge < -0.3 is 9.47 Å². The topological polar surface area (TPSA) is 81.5 Å². The van der Waals surface area contributed by atoms with Gasteiger partial charge in [-0.05, 0) is 47.2 Å². The number of hydrogen-bond acceptors (Lipinski definition) is 6. The number of rotatable bonds is 2. The number of aromatic nitrogens is 3. The number of aryl methyl sites for hydroxylation is 1. The molecule has 0 aliphatic carbocycles. The first kappa shape index (κ1) is 14.0. The van der Waals surface area contributed by atoms with Crippen LogP contribution in [0.2, 0.25) is 0 Å². The quantitative estimate of drug-likeness (QED) is 0.647. The van der Waals surface area contributed by atoms with Crippen molar-refractivity contribution < 1.29 is 9.47 Å². The lowest BCUT2D eigenvalue weighted by atomic mass is 10.2. The molecule has 1 N–H and O–H groups in total. The Morgan fingerprint density at radius 2 is 2.19 bits per heavy atom. The minimum absolute atomic E-state index is 0.124. The number of aromatic amines is 1. The molecule has 0 atom stereocenters. The van der Waals surface area contributed by atoms with Gasteiger partial charge in [0.15, 0.2) is 11.5 Å². The highest BCUT2D eigenvalue weighted by atomic mass is 79.9. The van der Waals surface area contributed by atoms with Crippen molar-refractivity contribution in [1.29, 1.82) is 0 Å². The van der Waals surface area contributed by atoms with Crippen LogP contribution in [0.3, 0.4) is 0 Å². The van der Waals surface area contributed by atoms with Crippen LogP contribution in [0.15, 0.2) is 26.5 Å². The Bertz CT molecular complexity index is 859. The minimum atomic E-state index is -0.369. The number of H-pyrrole nitrogens is 1. The molecule has 1 aliphatic heterocycles. The highest BCUT2D eigenvalue weighted by molar-refractivity contribution is 9.10. The van der Waals surface area contributed by atoms with E-state index >= 15 is 0 Å². The summed E-state index contributed by atoms with van der Waals surface area (Å²) in [5.41, 5.74) is 0.646. The van der Waals surface area contributed by atoms with E-state index < -0.39 is 0 Å². The molecule has 0 spiro atoms. The van der Waals surface area contributed by atoms with E-state index in [4.69, 9.17) is 21.7 Å². The van der Waals surface area contributed by atoms with Crippen LogP contribution in [0.1, 0.15) is 11.3 Å². The molecule has 0 amide bonds. The van der Waals surface area contributed by atoms with Crippen molar-refractivity contribution in [2.24, 2.45) is 5.10 Å². The number of benzene rings is 1. The van der Waals surface area contributed by atoms with E-state index in [-0.39, 0.29) is 22.8 Å². The summed E-state index contributed by atoms with van der Waals surface area (Å²) in [5.74, 6) is 1.29. The third-order valence-electron chi connectivity index (χ3n) is 2.82. The zero-order valence-corrected chi connectivity index (χ0v) is 13.2. The highest BCUT2D eigenvalue weighted by Gasteiger charge is 2.15. The summed E-state index contributed by atoms with van der Waals surface area (Å²) in [6.45, 7) is 1.77. The molecule has 0 unspecified atom stereocenters. The SMILES string of the molecule is Cc1n[nH]c(=S)n(/N=C/c2cc3c(cc2Br)OCO3)c1=O. The van der Waals surface area contributed by atoms with Gasteiger partial charge in [0.25, 0.3) is 5.56 Å². The normalized spacial score (nSPS) is 13.0. The maximum Gasteiger partial charge on any atom is 0.296 e. The van der Waals surface area contributed by atoms with Crippen LogP contribution in [0.25, 0.3) is 0 Å². The van der Waals surface area contributed by atoms with Gasteiger partial charge in [0.05, 0.1) is 6.21 Å². The van der Waals surface area contributed by atoms with Gasteiger partial charge in [-0.3, -0.25) is 9.89 Å². The molecule has 0 radical (unpaired) electrons. The minimum Gasteiger partial charge on any atom is -0.454 e. The molecule has 21 heavy (non-hydrogen) atoms. The summed E-state index contributed by atoms with van der Waals surface area (Å²) < 4.78 is 12.5. The first-order chi connectivity index (χ1) is 10.1. The first-order valence-corrected chi connectivity index (χ1v) is 7.08. The number of ether oxygens (including phenoxy) is 2. The molecule has 7 nitrogen and oxygen atoms in total. The molecule has 3 rings (SSSR count). The number of halogens is 1. The maximum atomic E-state index is 11.9. The lowest BCUT2D eigenvalue weighted by Crippen LogP contribution is -2.22. The van der Waals surface area contributed by atoms with Crippen molar-refractivity contribution >= 4 is 34.4 Å². The number of fused-ring (bicyclic) bond motifs is 1. The molecule has 0 bridgehead atoms. The number of nitrogens with zero attached hydrogens (tertiary/aromatic N) is 3. The molecule has 0 saturated heterocycles. The molecule has 1 aromatic carbocycles. The molecule has 0 saturated carbocycles. The smallest absolute Gasteiger partial charge is 0.296 e. The molecule has 1 aliphatic rings. The second-order valence-electron chi connectivity index (χ2n) is 4.20. The summed E-state index contributed by atoms with van der Waals surface area (Å²) in [7, 11) is 0. The van der Waals surface area contributed by atoms with Gasteiger partial charge >= 0.3 is 0 Å². The van der Waals surface area contributed by atoms with E-state index in [1.165, 1.54) is 6.21 Å². The lowest BCUT2D eigenvalue weighted by Gasteiger charge is -2.02. The molecule has 9 heteroatoms. The zero-order valence-electron chi connectivity index (χ0n) is 10.8. The van der Waals surface area contributed by atoms with E-state index in [1.807, 2.05) is 0 Å². The Morgan fingerprint density at radius 3 is 2.95 bits per heavy atom. The van der Waals surface area contributed by atoms with E-state index in [9.17, 15) is 4.79 Å². The number of hydrogen-bond donors (Lipinski definition) is 1. The summed E-state index contributed by atoms with van der Waals surface area (Å²) in [6, 6.07) is 3.55. The zero-order chi connectivity index (χ0) is 15.0. The first-order valence-electron chi connectivity index (χ1n) is 5.88. The molecule has 0 fully saturated rings. The Morgan fingerprint density at radius 1 is 1.48 bits per heavy atom. The van der Waals surface area contributed by atoms with Crippen LogP contribution in [0.5, 0.6) is 11.5 Å². The second kappa shape index (κ2) is 5.41. The van der Waals surface area contributed by atoms with Gasteiger partial charge in [0, 0.05) is 10.0 Å². The van der Waals surface area contributed by atoms with E-state index in [0.29, 0.717) is 11.5 Å². The van der Waals surface area contributed by atoms with Crippen LogP contribution in [0.4, 0.5) is 0 Å². The van der Waals surface area contributed by atoms with Crippen LogP contribution in [0, 0.1) is 11.7 Å². The molecule has 2 aromatic rings. The Balaban J connectivity index is 2.03. The highest BCUT2D eigenvalue weighted by Crippen LogP contribution is 2.36. The Labute approximate surface area is 132 Å². The van der Waals surface area contributed by atoms with Crippen LogP contribution < -0.4 is 15.0 Å². The summed E-state index contributed by atoms with van der Waals surface area (Å²) >= 11 is 8.42. The van der Waals surface area contributed by atoms with Crippen LogP contribution in [-0.4, -0.2) is 27.9 Å².